The lowest BCUT2D eigenvalue weighted by molar-refractivity contribution is -0.199. The molecule has 0 aliphatic rings. The van der Waals surface area contributed by atoms with E-state index in [1.54, 1.807) is 30.8 Å². The van der Waals surface area contributed by atoms with E-state index in [1.807, 2.05) is 19.1 Å². The third kappa shape index (κ3) is 4.96. The molecule has 0 bridgehead atoms. The molecule has 0 saturated carbocycles. The van der Waals surface area contributed by atoms with Crippen molar-refractivity contribution in [3.63, 3.8) is 0 Å². The number of nitrogens with two attached hydrogens (primary N) is 1. The zero-order valence-electron chi connectivity index (χ0n) is 18.6. The predicted molar refractivity (Wildman–Crippen MR) is 131 cm³/mol. The molecule has 188 valence electrons. The van der Waals surface area contributed by atoms with Gasteiger partial charge in [-0.3, -0.25) is 0 Å². The van der Waals surface area contributed by atoms with Crippen LogP contribution in [-0.4, -0.2) is 42.6 Å². The van der Waals surface area contributed by atoms with E-state index in [4.69, 9.17) is 5.73 Å². The van der Waals surface area contributed by atoms with Crippen LogP contribution in [-0.2, 0) is 19.5 Å². The lowest BCUT2D eigenvalue weighted by atomic mass is 10.00. The second-order valence-corrected chi connectivity index (χ2v) is 11.5. The predicted octanol–water partition coefficient (Wildman–Crippen LogP) is 4.88. The Morgan fingerprint density at radius 1 is 1.22 bits per heavy atom. The van der Waals surface area contributed by atoms with Crippen LogP contribution in [0.5, 0.6) is 0 Å². The number of amidine groups is 1. The molecule has 0 aliphatic heterocycles. The number of hydrogen-bond donors (Lipinski definition) is 2. The quantitative estimate of drug-likeness (QED) is 0.114. The molecule has 3 N–H and O–H groups in total. The molecule has 8 nitrogen and oxygen atoms in total. The van der Waals surface area contributed by atoms with Crippen LogP contribution in [0.15, 0.2) is 67.9 Å². The molecule has 4 rings (SSSR count). The van der Waals surface area contributed by atoms with Crippen molar-refractivity contribution in [1.29, 1.82) is 0 Å². The molecule has 0 amide bonds. The fraction of sp³-hybridized carbons (Fsp3) is 0.136. The fourth-order valence-electron chi connectivity index (χ4n) is 3.36. The third-order valence-electron chi connectivity index (χ3n) is 5.07. The van der Waals surface area contributed by atoms with E-state index in [1.165, 1.54) is 12.1 Å². The van der Waals surface area contributed by atoms with Gasteiger partial charge in [0.2, 0.25) is 9.84 Å². The van der Waals surface area contributed by atoms with E-state index in [2.05, 4.69) is 20.0 Å². The summed E-state index contributed by atoms with van der Waals surface area (Å²) in [7, 11) is -4.05. The summed E-state index contributed by atoms with van der Waals surface area (Å²) in [6, 6.07) is 11.4. The maximum Gasteiger partial charge on any atom is 0.493 e. The molecule has 2 aromatic carbocycles. The summed E-state index contributed by atoms with van der Waals surface area (Å²) < 4.78 is 64.5. The normalized spacial score (nSPS) is 12.8. The van der Waals surface area contributed by atoms with Crippen molar-refractivity contribution < 1.29 is 31.2 Å². The SMILES string of the molecule is CSc1sc(C(N)=NOC(=O)C(F)(F)F)cc1S(=O)(=O)c1cccc(-c2cc3[nH]cnc3cc2C)c1. The van der Waals surface area contributed by atoms with Crippen LogP contribution in [0.25, 0.3) is 22.2 Å². The summed E-state index contributed by atoms with van der Waals surface area (Å²) in [5.41, 5.74) is 9.65. The van der Waals surface area contributed by atoms with Crippen LogP contribution in [0, 0.1) is 6.92 Å². The van der Waals surface area contributed by atoms with E-state index >= 15 is 0 Å². The molecule has 0 radical (unpaired) electrons. The zero-order chi connectivity index (χ0) is 26.3. The van der Waals surface area contributed by atoms with Crippen LogP contribution in [0.1, 0.15) is 10.4 Å². The molecule has 4 aromatic rings. The van der Waals surface area contributed by atoms with Gasteiger partial charge in [-0.2, -0.15) is 13.2 Å². The van der Waals surface area contributed by atoms with Gasteiger partial charge in [0.25, 0.3) is 0 Å². The highest BCUT2D eigenvalue weighted by molar-refractivity contribution is 8.01. The van der Waals surface area contributed by atoms with Crippen molar-refractivity contribution in [2.24, 2.45) is 10.9 Å². The number of nitrogens with one attached hydrogen (secondary N) is 1. The maximum atomic E-state index is 13.5. The number of fused-ring (bicyclic) bond motifs is 1. The second-order valence-electron chi connectivity index (χ2n) is 7.44. The van der Waals surface area contributed by atoms with Gasteiger partial charge in [-0.1, -0.05) is 17.3 Å². The highest BCUT2D eigenvalue weighted by Crippen LogP contribution is 2.38. The summed E-state index contributed by atoms with van der Waals surface area (Å²) in [5, 5.41) is 3.01. The maximum absolute atomic E-state index is 13.5. The Labute approximate surface area is 211 Å². The Morgan fingerprint density at radius 3 is 2.67 bits per heavy atom. The summed E-state index contributed by atoms with van der Waals surface area (Å²) in [6.45, 7) is 1.90. The average Bonchev–Trinajstić information content (AvgIpc) is 3.48. The second kappa shape index (κ2) is 9.59. The summed E-state index contributed by atoms with van der Waals surface area (Å²) in [5.74, 6) is -3.10. The largest absolute Gasteiger partial charge is 0.493 e. The van der Waals surface area contributed by atoms with Crippen LogP contribution in [0.3, 0.4) is 0 Å². The lowest BCUT2D eigenvalue weighted by Crippen LogP contribution is -2.25. The van der Waals surface area contributed by atoms with Gasteiger partial charge in [0.15, 0.2) is 5.84 Å². The van der Waals surface area contributed by atoms with Crippen LogP contribution >= 0.6 is 23.1 Å². The highest BCUT2D eigenvalue weighted by Gasteiger charge is 2.41. The number of rotatable bonds is 6. The van der Waals surface area contributed by atoms with Crippen LogP contribution in [0.4, 0.5) is 13.2 Å². The third-order valence-corrected chi connectivity index (χ3v) is 9.40. The number of aryl methyl sites for hydroxylation is 1. The average molecular weight is 555 g/mol. The number of carbonyl (C=O) groups excluding carboxylic acids is 1. The number of carbonyl (C=O) groups is 1. The van der Waals surface area contributed by atoms with Gasteiger partial charge in [0.05, 0.1) is 36.2 Å². The first-order chi connectivity index (χ1) is 16.9. The summed E-state index contributed by atoms with van der Waals surface area (Å²) in [4.78, 5) is 21.9. The van der Waals surface area contributed by atoms with E-state index < -0.39 is 27.8 Å². The van der Waals surface area contributed by atoms with Gasteiger partial charge in [0, 0.05) is 0 Å². The number of aromatic amines is 1. The number of thioether (sulfide) groups is 1. The number of alkyl halides is 3. The smallest absolute Gasteiger partial charge is 0.380 e. The number of aromatic nitrogens is 2. The van der Waals surface area contributed by atoms with Crippen molar-refractivity contribution in [2.75, 3.05) is 6.26 Å². The number of benzene rings is 2. The van der Waals surface area contributed by atoms with Crippen LogP contribution in [0.2, 0.25) is 0 Å². The monoisotopic (exact) mass is 554 g/mol. The first-order valence-corrected chi connectivity index (χ1v) is 13.5. The van der Waals surface area contributed by atoms with Crippen molar-refractivity contribution in [2.45, 2.75) is 27.1 Å². The number of sulfone groups is 1. The van der Waals surface area contributed by atoms with Gasteiger partial charge >= 0.3 is 12.1 Å². The molecular formula is C22H17F3N4O4S3. The minimum atomic E-state index is -5.25. The van der Waals surface area contributed by atoms with Crippen molar-refractivity contribution in [3.8, 4) is 11.1 Å². The molecule has 0 atom stereocenters. The first kappa shape index (κ1) is 25.7. The van der Waals surface area contributed by atoms with Crippen LogP contribution < -0.4 is 5.73 Å². The number of imidazole rings is 1. The van der Waals surface area contributed by atoms with E-state index in [0.717, 1.165) is 45.3 Å². The van der Waals surface area contributed by atoms with Gasteiger partial charge in [0.1, 0.15) is 0 Å². The van der Waals surface area contributed by atoms with E-state index in [9.17, 15) is 26.4 Å². The molecule has 0 fully saturated rings. The Kier molecular flexibility index (Phi) is 6.86. The van der Waals surface area contributed by atoms with Crippen molar-refractivity contribution in [1.82, 2.24) is 9.97 Å². The molecule has 0 unspecified atom stereocenters. The van der Waals surface area contributed by atoms with Gasteiger partial charge < -0.3 is 15.6 Å². The Hall–Kier alpha value is -3.36. The Bertz CT molecular complexity index is 1610. The standard InChI is InChI=1S/C22H17F3N4O4S3/c1-11-6-15-16(28-10-27-15)8-14(11)12-4-3-5-13(7-12)36(31,32)18-9-17(35-20(18)34-2)19(26)29-33-21(30)22(23,24)25/h3-10H,1-2H3,(H2,26,29)(H,27,28). The summed E-state index contributed by atoms with van der Waals surface area (Å²) in [6.07, 6.45) is -2.03. The molecule has 2 heterocycles. The number of thiophene rings is 1. The van der Waals surface area contributed by atoms with Gasteiger partial charge in [-0.05, 0) is 60.2 Å². The highest BCUT2D eigenvalue weighted by atomic mass is 32.2. The van der Waals surface area contributed by atoms with Gasteiger partial charge in [-0.15, -0.1) is 23.1 Å². The number of halogens is 3. The topological polar surface area (TPSA) is 127 Å². The minimum absolute atomic E-state index is 0.0165. The Morgan fingerprint density at radius 2 is 1.97 bits per heavy atom. The van der Waals surface area contributed by atoms with E-state index in [-0.39, 0.29) is 14.7 Å². The van der Waals surface area contributed by atoms with Crippen molar-refractivity contribution in [3.05, 3.63) is 59.2 Å². The molecule has 0 saturated heterocycles. The molecule has 14 heteroatoms. The Balaban J connectivity index is 1.71. The molecule has 36 heavy (non-hydrogen) atoms. The molecule has 0 aliphatic carbocycles. The number of nitrogens with zero attached hydrogens (tertiary/aromatic N) is 2. The number of H-pyrrole nitrogens is 1. The first-order valence-electron chi connectivity index (χ1n) is 10.0. The lowest BCUT2D eigenvalue weighted by Gasteiger charge is -2.10. The number of oxime groups is 1. The van der Waals surface area contributed by atoms with Crippen molar-refractivity contribution >= 4 is 55.8 Å². The zero-order valence-corrected chi connectivity index (χ0v) is 21.0. The fourth-order valence-corrected chi connectivity index (χ4v) is 7.29. The van der Waals surface area contributed by atoms with Gasteiger partial charge in [-0.25, -0.2) is 18.2 Å². The minimum Gasteiger partial charge on any atom is -0.380 e. The number of hydrogen-bond acceptors (Lipinski definition) is 8. The molecular weight excluding hydrogens is 537 g/mol. The summed E-state index contributed by atoms with van der Waals surface area (Å²) >= 11 is 2.02. The molecule has 0 spiro atoms. The molecule has 2 aromatic heterocycles. The van der Waals surface area contributed by atoms with E-state index in [0.29, 0.717) is 9.77 Å².